The van der Waals surface area contributed by atoms with E-state index in [1.54, 1.807) is 13.2 Å². The smallest absolute Gasteiger partial charge is 0.276 e. The molecule has 1 aromatic rings. The van der Waals surface area contributed by atoms with E-state index in [0.29, 0.717) is 82.9 Å². The van der Waals surface area contributed by atoms with Gasteiger partial charge in [0.2, 0.25) is 0 Å². The van der Waals surface area contributed by atoms with Crippen molar-refractivity contribution >= 4 is 5.69 Å². The molecule has 1 aromatic carbocycles. The fourth-order valence-corrected chi connectivity index (χ4v) is 2.75. The first-order valence-electron chi connectivity index (χ1n) is 10.8. The van der Waals surface area contributed by atoms with Gasteiger partial charge in [-0.25, -0.2) is 0 Å². The average Bonchev–Trinajstić information content (AvgIpc) is 2.76. The van der Waals surface area contributed by atoms with Crippen molar-refractivity contribution in [2.75, 3.05) is 80.3 Å². The molecule has 10 heteroatoms. The molecular weight excluding hydrogens is 422 g/mol. The molecule has 0 amide bonds. The summed E-state index contributed by atoms with van der Waals surface area (Å²) in [6.45, 7) is 8.57. The van der Waals surface area contributed by atoms with Gasteiger partial charge in [-0.15, -0.1) is 0 Å². The fourth-order valence-electron chi connectivity index (χ4n) is 2.75. The molecule has 0 radical (unpaired) electrons. The topological polar surface area (TPSA) is 108 Å². The molecule has 0 heterocycles. The van der Waals surface area contributed by atoms with Gasteiger partial charge in [-0.2, -0.15) is 0 Å². The molecule has 1 rings (SSSR count). The SMILES string of the molecule is COCCOCCOCCOCCOCCOc1cc([N+](=O)[O-])c(CC(C)C)cc1OC. The molecule has 0 aliphatic carbocycles. The summed E-state index contributed by atoms with van der Waals surface area (Å²) in [5, 5.41) is 11.4. The van der Waals surface area contributed by atoms with Gasteiger partial charge in [0.05, 0.1) is 77.6 Å². The lowest BCUT2D eigenvalue weighted by molar-refractivity contribution is -0.385. The van der Waals surface area contributed by atoms with Crippen LogP contribution < -0.4 is 9.47 Å². The second kappa shape index (κ2) is 17.6. The minimum absolute atomic E-state index is 0.0348. The van der Waals surface area contributed by atoms with E-state index in [0.717, 1.165) is 0 Å². The Morgan fingerprint density at radius 3 is 1.72 bits per heavy atom. The van der Waals surface area contributed by atoms with Gasteiger partial charge in [0, 0.05) is 12.7 Å². The van der Waals surface area contributed by atoms with Crippen LogP contribution in [0.3, 0.4) is 0 Å². The number of benzene rings is 1. The van der Waals surface area contributed by atoms with Crippen molar-refractivity contribution in [2.45, 2.75) is 20.3 Å². The Morgan fingerprint density at radius 1 is 0.781 bits per heavy atom. The maximum Gasteiger partial charge on any atom is 0.276 e. The van der Waals surface area contributed by atoms with E-state index in [4.69, 9.17) is 33.2 Å². The first-order chi connectivity index (χ1) is 15.5. The van der Waals surface area contributed by atoms with E-state index in [1.807, 2.05) is 13.8 Å². The van der Waals surface area contributed by atoms with Gasteiger partial charge >= 0.3 is 0 Å². The highest BCUT2D eigenvalue weighted by Gasteiger charge is 2.20. The van der Waals surface area contributed by atoms with Gasteiger partial charge in [0.1, 0.15) is 6.61 Å². The van der Waals surface area contributed by atoms with Gasteiger partial charge < -0.3 is 33.2 Å². The lowest BCUT2D eigenvalue weighted by atomic mass is 10.0. The van der Waals surface area contributed by atoms with Crippen LogP contribution in [-0.4, -0.2) is 85.2 Å². The highest BCUT2D eigenvalue weighted by Crippen LogP contribution is 2.35. The Balaban J connectivity index is 2.20. The van der Waals surface area contributed by atoms with Crippen LogP contribution in [0.2, 0.25) is 0 Å². The largest absolute Gasteiger partial charge is 0.493 e. The predicted octanol–water partition coefficient (Wildman–Crippen LogP) is 2.89. The number of ether oxygens (including phenoxy) is 7. The lowest BCUT2D eigenvalue weighted by Gasteiger charge is -2.14. The summed E-state index contributed by atoms with van der Waals surface area (Å²) >= 11 is 0. The number of rotatable bonds is 20. The predicted molar refractivity (Wildman–Crippen MR) is 119 cm³/mol. The van der Waals surface area contributed by atoms with Gasteiger partial charge in [-0.1, -0.05) is 13.8 Å². The average molecular weight is 460 g/mol. The second-order valence-corrected chi connectivity index (χ2v) is 7.28. The molecule has 10 nitrogen and oxygen atoms in total. The van der Waals surface area contributed by atoms with Gasteiger partial charge in [0.15, 0.2) is 11.5 Å². The van der Waals surface area contributed by atoms with E-state index < -0.39 is 4.92 Å². The minimum atomic E-state index is -0.393. The Hall–Kier alpha value is -1.98. The van der Waals surface area contributed by atoms with Crippen LogP contribution in [0.4, 0.5) is 5.69 Å². The van der Waals surface area contributed by atoms with Crippen molar-refractivity contribution in [3.8, 4) is 11.5 Å². The fraction of sp³-hybridized carbons (Fsp3) is 0.727. The Bertz CT molecular complexity index is 640. The van der Waals surface area contributed by atoms with Crippen molar-refractivity contribution in [1.29, 1.82) is 0 Å². The van der Waals surface area contributed by atoms with Crippen LogP contribution in [0, 0.1) is 16.0 Å². The Labute approximate surface area is 190 Å². The molecule has 0 atom stereocenters. The molecule has 0 aliphatic rings. The number of nitrogens with zero attached hydrogens (tertiary/aromatic N) is 1. The number of nitro groups is 1. The third kappa shape index (κ3) is 12.2. The Morgan fingerprint density at radius 2 is 1.28 bits per heavy atom. The van der Waals surface area contributed by atoms with Crippen molar-refractivity contribution in [3.63, 3.8) is 0 Å². The van der Waals surface area contributed by atoms with Crippen LogP contribution >= 0.6 is 0 Å². The van der Waals surface area contributed by atoms with E-state index >= 15 is 0 Å². The number of nitro benzene ring substituents is 1. The zero-order chi connectivity index (χ0) is 23.6. The van der Waals surface area contributed by atoms with Crippen LogP contribution in [-0.2, 0) is 30.1 Å². The molecule has 0 spiro atoms. The Kier molecular flexibility index (Phi) is 15.4. The summed E-state index contributed by atoms with van der Waals surface area (Å²) in [6.07, 6.45) is 0.587. The third-order valence-electron chi connectivity index (χ3n) is 4.22. The maximum atomic E-state index is 11.4. The molecule has 0 unspecified atom stereocenters. The standard InChI is InChI=1S/C22H37NO9/c1-18(2)15-19-16-21(27-4)22(17-20(19)23(24)25)32-14-13-31-12-11-30-10-9-29-8-7-28-6-5-26-3/h16-18H,5-15H2,1-4H3. The molecule has 0 saturated carbocycles. The number of hydrogen-bond donors (Lipinski definition) is 0. The van der Waals surface area contributed by atoms with Crippen LogP contribution in [0.1, 0.15) is 19.4 Å². The normalized spacial score (nSPS) is 11.2. The number of methoxy groups -OCH3 is 2. The van der Waals surface area contributed by atoms with Gasteiger partial charge in [-0.05, 0) is 18.4 Å². The minimum Gasteiger partial charge on any atom is -0.493 e. The molecule has 0 bridgehead atoms. The maximum absolute atomic E-state index is 11.4. The van der Waals surface area contributed by atoms with Crippen molar-refractivity contribution in [2.24, 2.45) is 5.92 Å². The summed E-state index contributed by atoms with van der Waals surface area (Å²) in [5.74, 6) is 1.08. The molecular formula is C22H37NO9. The zero-order valence-electron chi connectivity index (χ0n) is 19.6. The second-order valence-electron chi connectivity index (χ2n) is 7.28. The van der Waals surface area contributed by atoms with Crippen molar-refractivity contribution < 1.29 is 38.1 Å². The summed E-state index contributed by atoms with van der Waals surface area (Å²) < 4.78 is 37.4. The van der Waals surface area contributed by atoms with E-state index in [9.17, 15) is 10.1 Å². The highest BCUT2D eigenvalue weighted by atomic mass is 16.6. The zero-order valence-corrected chi connectivity index (χ0v) is 19.6. The van der Waals surface area contributed by atoms with Crippen molar-refractivity contribution in [3.05, 3.63) is 27.8 Å². The summed E-state index contributed by atoms with van der Waals surface area (Å²) in [5.41, 5.74) is 0.665. The van der Waals surface area contributed by atoms with Crippen LogP contribution in [0.5, 0.6) is 11.5 Å². The van der Waals surface area contributed by atoms with Crippen LogP contribution in [0.25, 0.3) is 0 Å². The number of hydrogen-bond acceptors (Lipinski definition) is 9. The third-order valence-corrected chi connectivity index (χ3v) is 4.22. The monoisotopic (exact) mass is 459 g/mol. The molecule has 0 fully saturated rings. The molecule has 184 valence electrons. The first kappa shape index (κ1) is 28.1. The molecule has 0 saturated heterocycles. The van der Waals surface area contributed by atoms with Gasteiger partial charge in [0.25, 0.3) is 5.69 Å². The quantitative estimate of drug-likeness (QED) is 0.165. The van der Waals surface area contributed by atoms with Gasteiger partial charge in [-0.3, -0.25) is 10.1 Å². The molecule has 0 aromatic heterocycles. The highest BCUT2D eigenvalue weighted by molar-refractivity contribution is 5.54. The summed E-state index contributed by atoms with van der Waals surface area (Å²) in [4.78, 5) is 11.0. The summed E-state index contributed by atoms with van der Waals surface area (Å²) in [7, 11) is 3.14. The van der Waals surface area contributed by atoms with E-state index in [-0.39, 0.29) is 18.2 Å². The molecule has 32 heavy (non-hydrogen) atoms. The summed E-state index contributed by atoms with van der Waals surface area (Å²) in [6, 6.07) is 3.10. The molecule has 0 aliphatic heterocycles. The van der Waals surface area contributed by atoms with E-state index in [2.05, 4.69) is 0 Å². The molecule has 0 N–H and O–H groups in total. The van der Waals surface area contributed by atoms with E-state index in [1.165, 1.54) is 13.2 Å². The lowest BCUT2D eigenvalue weighted by Crippen LogP contribution is -2.14. The van der Waals surface area contributed by atoms with Crippen molar-refractivity contribution in [1.82, 2.24) is 0 Å². The first-order valence-corrected chi connectivity index (χ1v) is 10.8. The van der Waals surface area contributed by atoms with Crippen LogP contribution in [0.15, 0.2) is 12.1 Å².